The van der Waals surface area contributed by atoms with Crippen LogP contribution in [0.25, 0.3) is 0 Å². The van der Waals surface area contributed by atoms with Gasteiger partial charge in [-0.3, -0.25) is 4.99 Å². The number of aromatic nitrogens is 2. The minimum Gasteiger partial charge on any atom is -0.340 e. The van der Waals surface area contributed by atoms with Crippen LogP contribution in [0, 0.1) is 0 Å². The van der Waals surface area contributed by atoms with Gasteiger partial charge in [-0.15, -0.1) is 0 Å². The number of piperazine rings is 1. The van der Waals surface area contributed by atoms with Crippen LogP contribution in [0.4, 0.5) is 17.5 Å². The number of anilines is 3. The second kappa shape index (κ2) is 6.57. The molecule has 2 aromatic rings. The first kappa shape index (κ1) is 15.1. The predicted molar refractivity (Wildman–Crippen MR) is 97.3 cm³/mol. The van der Waals surface area contributed by atoms with Crippen LogP contribution in [0.15, 0.2) is 35.5 Å². The number of hydrogen-bond acceptors (Lipinski definition) is 6. The maximum absolute atomic E-state index is 4.70. The molecule has 1 fully saturated rings. The van der Waals surface area contributed by atoms with Gasteiger partial charge in [-0.05, 0) is 35.7 Å². The number of aliphatic imine (C=N–C) groups is 1. The van der Waals surface area contributed by atoms with Gasteiger partial charge in [-0.25, -0.2) is 4.98 Å². The molecular formula is C18H22N6. The highest BCUT2D eigenvalue weighted by Crippen LogP contribution is 2.22. The van der Waals surface area contributed by atoms with Crippen LogP contribution in [0.1, 0.15) is 24.5 Å². The van der Waals surface area contributed by atoms with E-state index >= 15 is 0 Å². The summed E-state index contributed by atoms with van der Waals surface area (Å²) in [6, 6.07) is 8.73. The zero-order chi connectivity index (χ0) is 16.4. The molecule has 0 saturated carbocycles. The summed E-state index contributed by atoms with van der Waals surface area (Å²) in [5.41, 5.74) is 3.48. The number of fused-ring (bicyclic) bond motifs is 1. The Kier molecular flexibility index (Phi) is 4.13. The van der Waals surface area contributed by atoms with Crippen molar-refractivity contribution in [2.75, 3.05) is 29.9 Å². The van der Waals surface area contributed by atoms with Crippen molar-refractivity contribution in [1.29, 1.82) is 0 Å². The van der Waals surface area contributed by atoms with Crippen molar-refractivity contribution in [3.8, 4) is 0 Å². The van der Waals surface area contributed by atoms with Gasteiger partial charge in [0.25, 0.3) is 0 Å². The summed E-state index contributed by atoms with van der Waals surface area (Å²) in [4.78, 5) is 15.7. The van der Waals surface area contributed by atoms with Crippen LogP contribution in [-0.2, 0) is 6.54 Å². The summed E-state index contributed by atoms with van der Waals surface area (Å²) >= 11 is 0. The molecule has 1 saturated heterocycles. The van der Waals surface area contributed by atoms with Crippen molar-refractivity contribution >= 4 is 23.7 Å². The third kappa shape index (κ3) is 3.10. The lowest BCUT2D eigenvalue weighted by molar-refractivity contribution is 0.443. The first-order valence-corrected chi connectivity index (χ1v) is 8.53. The predicted octanol–water partition coefficient (Wildman–Crippen LogP) is 2.34. The molecule has 0 aliphatic carbocycles. The summed E-state index contributed by atoms with van der Waals surface area (Å²) < 4.78 is 0. The molecule has 1 unspecified atom stereocenters. The van der Waals surface area contributed by atoms with Gasteiger partial charge in [0.1, 0.15) is 5.82 Å². The quantitative estimate of drug-likeness (QED) is 0.904. The molecule has 4 rings (SSSR count). The van der Waals surface area contributed by atoms with E-state index < -0.39 is 0 Å². The van der Waals surface area contributed by atoms with E-state index in [0.29, 0.717) is 6.04 Å². The SMILES string of the molecule is CCC1CN(c2nccc(Nc3ccc4c(c3)C=NC4)n2)CCN1. The lowest BCUT2D eigenvalue weighted by atomic mass is 10.1. The molecular weight excluding hydrogens is 300 g/mol. The van der Waals surface area contributed by atoms with Gasteiger partial charge in [0.15, 0.2) is 0 Å². The standard InChI is InChI=1S/C18H22N6/c1-2-15-12-24(8-7-20-15)18-21-6-5-17(23-18)22-16-4-3-13-10-19-11-14(13)9-16/h3-6,9,11,15,20H,2,7-8,10,12H2,1H3,(H,21,22,23). The van der Waals surface area contributed by atoms with Crippen molar-refractivity contribution in [1.82, 2.24) is 15.3 Å². The molecule has 6 nitrogen and oxygen atoms in total. The van der Waals surface area contributed by atoms with E-state index in [1.165, 1.54) is 11.1 Å². The second-order valence-corrected chi connectivity index (χ2v) is 6.26. The number of benzene rings is 1. The number of nitrogens with one attached hydrogen (secondary N) is 2. The topological polar surface area (TPSA) is 65.4 Å². The van der Waals surface area contributed by atoms with Crippen LogP contribution in [0.2, 0.25) is 0 Å². The molecule has 0 radical (unpaired) electrons. The zero-order valence-electron chi connectivity index (χ0n) is 13.9. The third-order valence-corrected chi connectivity index (χ3v) is 4.58. The lowest BCUT2D eigenvalue weighted by Crippen LogP contribution is -2.51. The maximum Gasteiger partial charge on any atom is 0.227 e. The molecule has 0 amide bonds. The Balaban J connectivity index is 1.51. The fourth-order valence-corrected chi connectivity index (χ4v) is 3.18. The fraction of sp³-hybridized carbons (Fsp3) is 0.389. The summed E-state index contributed by atoms with van der Waals surface area (Å²) in [5.74, 6) is 1.61. The molecule has 1 atom stereocenters. The van der Waals surface area contributed by atoms with E-state index in [4.69, 9.17) is 4.98 Å². The molecule has 24 heavy (non-hydrogen) atoms. The Bertz CT molecular complexity index is 757. The maximum atomic E-state index is 4.70. The van der Waals surface area contributed by atoms with E-state index in [-0.39, 0.29) is 0 Å². The summed E-state index contributed by atoms with van der Waals surface area (Å²) in [7, 11) is 0. The van der Waals surface area contributed by atoms with Crippen LogP contribution in [0.5, 0.6) is 0 Å². The first-order chi connectivity index (χ1) is 11.8. The second-order valence-electron chi connectivity index (χ2n) is 6.26. The Morgan fingerprint density at radius 2 is 2.29 bits per heavy atom. The highest BCUT2D eigenvalue weighted by molar-refractivity contribution is 5.86. The first-order valence-electron chi connectivity index (χ1n) is 8.53. The molecule has 3 heterocycles. The van der Waals surface area contributed by atoms with Crippen LogP contribution < -0.4 is 15.5 Å². The molecule has 2 aliphatic heterocycles. The highest BCUT2D eigenvalue weighted by atomic mass is 15.3. The van der Waals surface area contributed by atoms with E-state index in [1.807, 2.05) is 18.5 Å². The van der Waals surface area contributed by atoms with Crippen molar-refractivity contribution < 1.29 is 0 Å². The largest absolute Gasteiger partial charge is 0.340 e. The van der Waals surface area contributed by atoms with Crippen molar-refractivity contribution in [2.24, 2.45) is 4.99 Å². The van der Waals surface area contributed by atoms with E-state index in [2.05, 4.69) is 50.6 Å². The van der Waals surface area contributed by atoms with E-state index in [0.717, 1.165) is 50.1 Å². The molecule has 1 aromatic carbocycles. The summed E-state index contributed by atoms with van der Waals surface area (Å²) in [6.45, 7) is 5.86. The molecule has 2 N–H and O–H groups in total. The minimum atomic E-state index is 0.509. The monoisotopic (exact) mass is 322 g/mol. The Morgan fingerprint density at radius 1 is 1.33 bits per heavy atom. The van der Waals surface area contributed by atoms with Crippen LogP contribution in [-0.4, -0.2) is 41.9 Å². The van der Waals surface area contributed by atoms with E-state index in [9.17, 15) is 0 Å². The number of nitrogens with zero attached hydrogens (tertiary/aromatic N) is 4. The molecule has 0 spiro atoms. The van der Waals surface area contributed by atoms with Gasteiger partial charge < -0.3 is 15.5 Å². The van der Waals surface area contributed by atoms with Crippen LogP contribution >= 0.6 is 0 Å². The molecule has 0 bridgehead atoms. The normalized spacial score (nSPS) is 19.4. The zero-order valence-corrected chi connectivity index (χ0v) is 13.9. The average Bonchev–Trinajstić information content (AvgIpc) is 3.10. The fourth-order valence-electron chi connectivity index (χ4n) is 3.18. The molecule has 1 aromatic heterocycles. The van der Waals surface area contributed by atoms with Gasteiger partial charge in [0.2, 0.25) is 5.95 Å². The third-order valence-electron chi connectivity index (χ3n) is 4.58. The molecule has 124 valence electrons. The Labute approximate surface area is 142 Å². The number of rotatable bonds is 4. The molecule has 6 heteroatoms. The lowest BCUT2D eigenvalue weighted by Gasteiger charge is -2.33. The summed E-state index contributed by atoms with van der Waals surface area (Å²) in [5, 5.41) is 6.90. The van der Waals surface area contributed by atoms with Crippen molar-refractivity contribution in [3.05, 3.63) is 41.6 Å². The van der Waals surface area contributed by atoms with Gasteiger partial charge in [-0.2, -0.15) is 4.98 Å². The smallest absolute Gasteiger partial charge is 0.227 e. The minimum absolute atomic E-state index is 0.509. The Hall–Kier alpha value is -2.47. The molecule has 2 aliphatic rings. The average molecular weight is 322 g/mol. The summed E-state index contributed by atoms with van der Waals surface area (Å²) in [6.07, 6.45) is 4.87. The van der Waals surface area contributed by atoms with E-state index in [1.54, 1.807) is 0 Å². The van der Waals surface area contributed by atoms with Crippen LogP contribution in [0.3, 0.4) is 0 Å². The number of hydrogen-bond donors (Lipinski definition) is 2. The Morgan fingerprint density at radius 3 is 3.21 bits per heavy atom. The van der Waals surface area contributed by atoms with Gasteiger partial charge >= 0.3 is 0 Å². The van der Waals surface area contributed by atoms with Gasteiger partial charge in [0.05, 0.1) is 6.54 Å². The van der Waals surface area contributed by atoms with Gasteiger partial charge in [0, 0.05) is 43.8 Å². The van der Waals surface area contributed by atoms with Crippen molar-refractivity contribution in [3.63, 3.8) is 0 Å². The highest BCUT2D eigenvalue weighted by Gasteiger charge is 2.20. The van der Waals surface area contributed by atoms with Gasteiger partial charge in [-0.1, -0.05) is 13.0 Å². The van der Waals surface area contributed by atoms with Crippen molar-refractivity contribution in [2.45, 2.75) is 25.9 Å².